The molecular weight excluding hydrogens is 260 g/mol. The van der Waals surface area contributed by atoms with Crippen molar-refractivity contribution in [2.24, 2.45) is 5.73 Å². The van der Waals surface area contributed by atoms with Crippen LogP contribution in [0.5, 0.6) is 0 Å². The van der Waals surface area contributed by atoms with Crippen LogP contribution >= 0.6 is 11.3 Å². The molecule has 0 saturated carbocycles. The zero-order chi connectivity index (χ0) is 12.9. The average Bonchev–Trinajstić information content (AvgIpc) is 2.74. The maximum absolute atomic E-state index is 11.5. The van der Waals surface area contributed by atoms with Crippen LogP contribution in [-0.4, -0.2) is 32.4 Å². The Morgan fingerprint density at radius 2 is 2.29 bits per heavy atom. The van der Waals surface area contributed by atoms with Gasteiger partial charge in [0.25, 0.3) is 0 Å². The van der Waals surface area contributed by atoms with Crippen LogP contribution in [0, 0.1) is 0 Å². The third kappa shape index (κ3) is 5.81. The lowest BCUT2D eigenvalue weighted by Gasteiger charge is -2.10. The average molecular weight is 276 g/mol. The van der Waals surface area contributed by atoms with Crippen LogP contribution in [0.1, 0.15) is 11.3 Å². The predicted molar refractivity (Wildman–Crippen MR) is 68.5 cm³/mol. The highest BCUT2D eigenvalue weighted by Crippen LogP contribution is 2.07. The number of thiophene rings is 1. The van der Waals surface area contributed by atoms with Gasteiger partial charge in [-0.3, -0.25) is 4.79 Å². The Labute approximate surface area is 105 Å². The molecule has 96 valence electrons. The SMILES string of the molecule is CS(=O)(=O)CCC(N)C(=O)NCc1cccs1. The molecule has 0 aliphatic rings. The molecule has 17 heavy (non-hydrogen) atoms. The van der Waals surface area contributed by atoms with Gasteiger partial charge < -0.3 is 11.1 Å². The fourth-order valence-corrected chi connectivity index (χ4v) is 2.52. The minimum Gasteiger partial charge on any atom is -0.350 e. The molecule has 1 aromatic rings. The van der Waals surface area contributed by atoms with Crippen LogP contribution in [0.2, 0.25) is 0 Å². The molecule has 7 heteroatoms. The molecule has 0 bridgehead atoms. The molecule has 1 heterocycles. The topological polar surface area (TPSA) is 89.3 Å². The van der Waals surface area contributed by atoms with Gasteiger partial charge in [-0.1, -0.05) is 6.07 Å². The van der Waals surface area contributed by atoms with Gasteiger partial charge in [-0.15, -0.1) is 11.3 Å². The summed E-state index contributed by atoms with van der Waals surface area (Å²) in [5.41, 5.74) is 5.59. The molecule has 0 aromatic carbocycles. The quantitative estimate of drug-likeness (QED) is 0.772. The second kappa shape index (κ2) is 6.13. The number of nitrogens with two attached hydrogens (primary N) is 1. The summed E-state index contributed by atoms with van der Waals surface area (Å²) in [6.45, 7) is 0.434. The smallest absolute Gasteiger partial charge is 0.237 e. The summed E-state index contributed by atoms with van der Waals surface area (Å²) in [5.74, 6) is -0.386. The molecule has 1 amide bonds. The minimum atomic E-state index is -3.07. The lowest BCUT2D eigenvalue weighted by molar-refractivity contribution is -0.122. The van der Waals surface area contributed by atoms with Crippen LogP contribution in [0.25, 0.3) is 0 Å². The van der Waals surface area contributed by atoms with Crippen molar-refractivity contribution in [3.8, 4) is 0 Å². The molecule has 0 fully saturated rings. The minimum absolute atomic E-state index is 0.0689. The molecular formula is C10H16N2O3S2. The first kappa shape index (κ1) is 14.1. The van der Waals surface area contributed by atoms with Crippen molar-refractivity contribution in [2.75, 3.05) is 12.0 Å². The summed E-state index contributed by atoms with van der Waals surface area (Å²) in [6, 6.07) is 3.03. The van der Waals surface area contributed by atoms with Gasteiger partial charge in [-0.2, -0.15) is 0 Å². The Balaban J connectivity index is 2.32. The van der Waals surface area contributed by atoms with Crippen LogP contribution in [0.15, 0.2) is 17.5 Å². The van der Waals surface area contributed by atoms with Gasteiger partial charge in [0.05, 0.1) is 18.3 Å². The van der Waals surface area contributed by atoms with Crippen molar-refractivity contribution in [1.29, 1.82) is 0 Å². The molecule has 1 aromatic heterocycles. The van der Waals surface area contributed by atoms with E-state index in [0.717, 1.165) is 11.1 Å². The van der Waals surface area contributed by atoms with E-state index in [4.69, 9.17) is 5.73 Å². The Hall–Kier alpha value is -0.920. The van der Waals surface area contributed by atoms with Gasteiger partial charge in [0.15, 0.2) is 0 Å². The third-order valence-electron chi connectivity index (χ3n) is 2.15. The number of amides is 1. The zero-order valence-electron chi connectivity index (χ0n) is 9.55. The number of sulfone groups is 1. The van der Waals surface area contributed by atoms with Crippen molar-refractivity contribution in [3.05, 3.63) is 22.4 Å². The second-order valence-corrected chi connectivity index (χ2v) is 7.11. The maximum Gasteiger partial charge on any atom is 0.237 e. The van der Waals surface area contributed by atoms with Crippen molar-refractivity contribution in [3.63, 3.8) is 0 Å². The predicted octanol–water partition coefficient (Wildman–Crippen LogP) is 0.126. The van der Waals surface area contributed by atoms with Gasteiger partial charge in [0.1, 0.15) is 9.84 Å². The van der Waals surface area contributed by atoms with Crippen molar-refractivity contribution < 1.29 is 13.2 Å². The lowest BCUT2D eigenvalue weighted by atomic mass is 10.2. The van der Waals surface area contributed by atoms with E-state index in [0.29, 0.717) is 6.54 Å². The molecule has 5 nitrogen and oxygen atoms in total. The number of carbonyl (C=O) groups is 1. The van der Waals surface area contributed by atoms with Crippen molar-refractivity contribution in [1.82, 2.24) is 5.32 Å². The Bertz CT molecular complexity index is 454. The van der Waals surface area contributed by atoms with Crippen molar-refractivity contribution >= 4 is 27.1 Å². The van der Waals surface area contributed by atoms with Gasteiger partial charge in [-0.25, -0.2) is 8.42 Å². The molecule has 0 saturated heterocycles. The van der Waals surface area contributed by atoms with Crippen molar-refractivity contribution in [2.45, 2.75) is 19.0 Å². The summed E-state index contributed by atoms with van der Waals surface area (Å²) in [6.07, 6.45) is 1.28. The van der Waals surface area contributed by atoms with Crippen LogP contribution in [0.3, 0.4) is 0 Å². The van der Waals surface area contributed by atoms with E-state index in [1.54, 1.807) is 11.3 Å². The second-order valence-electron chi connectivity index (χ2n) is 3.82. The van der Waals surface area contributed by atoms with E-state index in [1.165, 1.54) is 0 Å². The van der Waals surface area contributed by atoms with Gasteiger partial charge in [-0.05, 0) is 17.9 Å². The van der Waals surface area contributed by atoms with Gasteiger partial charge in [0, 0.05) is 11.1 Å². The fraction of sp³-hybridized carbons (Fsp3) is 0.500. The van der Waals surface area contributed by atoms with Crippen LogP contribution in [-0.2, 0) is 21.2 Å². The van der Waals surface area contributed by atoms with Crippen LogP contribution in [0.4, 0.5) is 0 Å². The summed E-state index contributed by atoms with van der Waals surface area (Å²) >= 11 is 1.54. The van der Waals surface area contributed by atoms with Crippen LogP contribution < -0.4 is 11.1 Å². The number of nitrogens with one attached hydrogen (secondary N) is 1. The normalized spacial score (nSPS) is 13.3. The fourth-order valence-electron chi connectivity index (χ4n) is 1.19. The molecule has 1 unspecified atom stereocenters. The molecule has 0 aliphatic heterocycles. The molecule has 1 atom stereocenters. The Kier molecular flexibility index (Phi) is 5.10. The molecule has 1 rings (SSSR count). The highest BCUT2D eigenvalue weighted by molar-refractivity contribution is 7.90. The number of hydrogen-bond acceptors (Lipinski definition) is 5. The molecule has 0 radical (unpaired) electrons. The molecule has 3 N–H and O–H groups in total. The number of hydrogen-bond donors (Lipinski definition) is 2. The lowest BCUT2D eigenvalue weighted by Crippen LogP contribution is -2.41. The summed E-state index contributed by atoms with van der Waals surface area (Å²) < 4.78 is 21.8. The standard InChI is InChI=1S/C10H16N2O3S2/c1-17(14,15)6-4-9(11)10(13)12-7-8-3-2-5-16-8/h2-3,5,9H,4,6-7,11H2,1H3,(H,12,13). The maximum atomic E-state index is 11.5. The van der Waals surface area contributed by atoms with E-state index in [2.05, 4.69) is 5.32 Å². The highest BCUT2D eigenvalue weighted by atomic mass is 32.2. The van der Waals surface area contributed by atoms with E-state index < -0.39 is 15.9 Å². The Morgan fingerprint density at radius 3 is 2.82 bits per heavy atom. The monoisotopic (exact) mass is 276 g/mol. The van der Waals surface area contributed by atoms with Gasteiger partial charge >= 0.3 is 0 Å². The van der Waals surface area contributed by atoms with E-state index >= 15 is 0 Å². The first-order valence-corrected chi connectivity index (χ1v) is 8.06. The molecule has 0 spiro atoms. The molecule has 0 aliphatic carbocycles. The third-order valence-corrected chi connectivity index (χ3v) is 4.01. The summed E-state index contributed by atoms with van der Waals surface area (Å²) in [4.78, 5) is 12.6. The highest BCUT2D eigenvalue weighted by Gasteiger charge is 2.15. The number of carbonyl (C=O) groups excluding carboxylic acids is 1. The largest absolute Gasteiger partial charge is 0.350 e. The van der Waals surface area contributed by atoms with Gasteiger partial charge in [0.2, 0.25) is 5.91 Å². The first-order chi connectivity index (χ1) is 7.88. The number of rotatable bonds is 6. The Morgan fingerprint density at radius 1 is 1.59 bits per heavy atom. The zero-order valence-corrected chi connectivity index (χ0v) is 11.2. The van der Waals surface area contributed by atoms with E-state index in [-0.39, 0.29) is 18.1 Å². The summed E-state index contributed by atoms with van der Waals surface area (Å²) in [7, 11) is -3.07. The van der Waals surface area contributed by atoms with E-state index in [1.807, 2.05) is 17.5 Å². The first-order valence-electron chi connectivity index (χ1n) is 5.12. The summed E-state index contributed by atoms with van der Waals surface area (Å²) in [5, 5.41) is 4.59. The van der Waals surface area contributed by atoms with E-state index in [9.17, 15) is 13.2 Å².